The van der Waals surface area contributed by atoms with Crippen LogP contribution < -0.4 is 10.6 Å². The quantitative estimate of drug-likeness (QED) is 0.657. The number of hydrogen-bond acceptors (Lipinski definition) is 6. The molecule has 3 amide bonds. The predicted octanol–water partition coefficient (Wildman–Crippen LogP) is 0.318. The van der Waals surface area contributed by atoms with E-state index in [0.717, 1.165) is 6.42 Å². The van der Waals surface area contributed by atoms with Crippen molar-refractivity contribution in [2.45, 2.75) is 56.8 Å². The summed E-state index contributed by atoms with van der Waals surface area (Å²) in [4.78, 5) is 45.8. The lowest BCUT2D eigenvalue weighted by Crippen LogP contribution is -2.58. The van der Waals surface area contributed by atoms with Gasteiger partial charge in [0.05, 0.1) is 11.7 Å². The van der Waals surface area contributed by atoms with E-state index in [1.54, 1.807) is 35.1 Å². The van der Waals surface area contributed by atoms with E-state index in [1.165, 1.54) is 0 Å². The highest BCUT2D eigenvalue weighted by atomic mass is 16.3. The van der Waals surface area contributed by atoms with Gasteiger partial charge in [-0.3, -0.25) is 14.4 Å². The fourth-order valence-corrected chi connectivity index (χ4v) is 4.47. The zero-order valence-electron chi connectivity index (χ0n) is 16.6. The zero-order valence-corrected chi connectivity index (χ0v) is 16.6. The molecular weight excluding hydrogens is 374 g/mol. The van der Waals surface area contributed by atoms with Crippen LogP contribution in [0, 0.1) is 0 Å². The molecule has 0 bridgehead atoms. The third kappa shape index (κ3) is 3.78. The first-order chi connectivity index (χ1) is 13.9. The summed E-state index contributed by atoms with van der Waals surface area (Å²) in [6.45, 7) is 3.00. The first kappa shape index (κ1) is 19.6. The fourth-order valence-electron chi connectivity index (χ4n) is 4.47. The van der Waals surface area contributed by atoms with Gasteiger partial charge in [0.2, 0.25) is 11.8 Å². The number of anilines is 1. The summed E-state index contributed by atoms with van der Waals surface area (Å²) in [5.41, 5.74) is -0.273. The maximum absolute atomic E-state index is 12.9. The fraction of sp³-hybridized carbons (Fsp3) is 0.600. The number of aliphatic hydroxyl groups excluding tert-OH is 1. The molecule has 3 unspecified atom stereocenters. The average Bonchev–Trinajstić information content (AvgIpc) is 2.86. The van der Waals surface area contributed by atoms with Crippen LogP contribution in [0.5, 0.6) is 0 Å². The van der Waals surface area contributed by atoms with E-state index in [1.807, 2.05) is 0 Å². The minimum absolute atomic E-state index is 0.108. The first-order valence-corrected chi connectivity index (χ1v) is 10.2. The molecule has 0 saturated carbocycles. The second-order valence-corrected chi connectivity index (χ2v) is 8.15. The minimum Gasteiger partial charge on any atom is -0.391 e. The molecule has 0 aromatic carbocycles. The van der Waals surface area contributed by atoms with Gasteiger partial charge in [0.1, 0.15) is 17.5 Å². The Morgan fingerprint density at radius 2 is 2.14 bits per heavy atom. The van der Waals surface area contributed by atoms with Crippen molar-refractivity contribution in [1.29, 1.82) is 0 Å². The monoisotopic (exact) mass is 401 g/mol. The normalized spacial score (nSPS) is 28.3. The number of hydrogen-bond donors (Lipinski definition) is 3. The van der Waals surface area contributed by atoms with Gasteiger partial charge in [-0.05, 0) is 38.3 Å². The summed E-state index contributed by atoms with van der Waals surface area (Å²) in [6, 6.07) is 2.81. The number of likely N-dealkylation sites (tertiary alicyclic amines) is 2. The molecule has 29 heavy (non-hydrogen) atoms. The molecule has 3 aliphatic heterocycles. The van der Waals surface area contributed by atoms with E-state index in [-0.39, 0.29) is 24.1 Å². The van der Waals surface area contributed by atoms with Crippen molar-refractivity contribution in [3.05, 3.63) is 23.9 Å². The van der Waals surface area contributed by atoms with E-state index < -0.39 is 17.8 Å². The third-order valence-corrected chi connectivity index (χ3v) is 6.16. The molecule has 3 aliphatic rings. The molecule has 4 rings (SSSR count). The highest BCUT2D eigenvalue weighted by Gasteiger charge is 2.42. The second-order valence-electron chi connectivity index (χ2n) is 8.15. The molecule has 3 atom stereocenters. The van der Waals surface area contributed by atoms with Crippen LogP contribution in [0.2, 0.25) is 0 Å². The van der Waals surface area contributed by atoms with Crippen molar-refractivity contribution in [3.63, 3.8) is 0 Å². The molecule has 0 radical (unpaired) electrons. The minimum atomic E-state index is -0.757. The Bertz CT molecular complexity index is 831. The van der Waals surface area contributed by atoms with E-state index in [9.17, 15) is 19.5 Å². The van der Waals surface area contributed by atoms with Gasteiger partial charge in [0, 0.05) is 38.7 Å². The second kappa shape index (κ2) is 7.62. The van der Waals surface area contributed by atoms with E-state index in [0.29, 0.717) is 50.3 Å². The standard InChI is InChI=1S/C20H27N5O4/c1-13(19(29)24-10-3-4-14(26)12-24)25-11-8-20(7-6-16(25)27)22-17-15(18(28)23-20)5-2-9-21-17/h2,5,9,13-14,26H,3-4,6-8,10-12H2,1H3,(H,21,22)(H,23,28). The molecule has 3 N–H and O–H groups in total. The Balaban J connectivity index is 1.48. The SMILES string of the molecule is CC(C(=O)N1CCCC(O)C1)N1CCC2(CCC1=O)NC(=O)c1cccnc1N2. The average molecular weight is 401 g/mol. The lowest BCUT2D eigenvalue weighted by atomic mass is 9.97. The molecule has 2 saturated heterocycles. The van der Waals surface area contributed by atoms with Gasteiger partial charge in [0.15, 0.2) is 0 Å². The number of fused-ring (bicyclic) bond motifs is 1. The number of carbonyl (C=O) groups excluding carboxylic acids is 3. The molecule has 4 heterocycles. The highest BCUT2D eigenvalue weighted by Crippen LogP contribution is 2.31. The van der Waals surface area contributed by atoms with Crippen LogP contribution in [-0.4, -0.2) is 75.1 Å². The van der Waals surface area contributed by atoms with Crippen molar-refractivity contribution in [2.75, 3.05) is 25.0 Å². The van der Waals surface area contributed by atoms with Crippen LogP contribution in [0.15, 0.2) is 18.3 Å². The van der Waals surface area contributed by atoms with Gasteiger partial charge in [-0.2, -0.15) is 0 Å². The summed E-state index contributed by atoms with van der Waals surface area (Å²) in [6.07, 6.45) is 3.70. The van der Waals surface area contributed by atoms with Crippen molar-refractivity contribution in [3.8, 4) is 0 Å². The predicted molar refractivity (Wildman–Crippen MR) is 105 cm³/mol. The van der Waals surface area contributed by atoms with Crippen LogP contribution in [0.25, 0.3) is 0 Å². The summed E-state index contributed by atoms with van der Waals surface area (Å²) < 4.78 is 0. The molecule has 1 spiro atoms. The zero-order chi connectivity index (χ0) is 20.6. The van der Waals surface area contributed by atoms with Gasteiger partial charge in [0.25, 0.3) is 5.91 Å². The van der Waals surface area contributed by atoms with Crippen LogP contribution in [0.4, 0.5) is 5.82 Å². The maximum Gasteiger partial charge on any atom is 0.256 e. The maximum atomic E-state index is 12.9. The lowest BCUT2D eigenvalue weighted by molar-refractivity contribution is -0.146. The number of carbonyl (C=O) groups is 3. The Hall–Kier alpha value is -2.68. The van der Waals surface area contributed by atoms with Gasteiger partial charge >= 0.3 is 0 Å². The van der Waals surface area contributed by atoms with Crippen LogP contribution in [0.3, 0.4) is 0 Å². The van der Waals surface area contributed by atoms with Gasteiger partial charge < -0.3 is 25.5 Å². The first-order valence-electron chi connectivity index (χ1n) is 10.2. The Morgan fingerprint density at radius 3 is 2.93 bits per heavy atom. The van der Waals surface area contributed by atoms with E-state index >= 15 is 0 Å². The molecule has 156 valence electrons. The topological polar surface area (TPSA) is 115 Å². The molecule has 1 aromatic heterocycles. The Kier molecular flexibility index (Phi) is 5.16. The number of nitrogens with zero attached hydrogens (tertiary/aromatic N) is 3. The number of rotatable bonds is 2. The summed E-state index contributed by atoms with van der Waals surface area (Å²) in [7, 11) is 0. The van der Waals surface area contributed by atoms with Crippen molar-refractivity contribution < 1.29 is 19.5 Å². The number of pyridine rings is 1. The number of nitrogens with one attached hydrogen (secondary N) is 2. The molecular formula is C20H27N5O4. The number of β-amino-alcohol motifs (C(OH)–C–C–N with tert-alkyl or cyclic N) is 1. The van der Waals surface area contributed by atoms with E-state index in [4.69, 9.17) is 0 Å². The van der Waals surface area contributed by atoms with Gasteiger partial charge in [-0.25, -0.2) is 4.98 Å². The number of piperidine rings is 1. The summed E-state index contributed by atoms with van der Waals surface area (Å²) in [5, 5.41) is 16.2. The number of aromatic nitrogens is 1. The van der Waals surface area contributed by atoms with Crippen molar-refractivity contribution in [1.82, 2.24) is 20.1 Å². The smallest absolute Gasteiger partial charge is 0.256 e. The van der Waals surface area contributed by atoms with Gasteiger partial charge in [-0.15, -0.1) is 0 Å². The van der Waals surface area contributed by atoms with Crippen LogP contribution >= 0.6 is 0 Å². The van der Waals surface area contributed by atoms with Gasteiger partial charge in [-0.1, -0.05) is 0 Å². The van der Waals surface area contributed by atoms with Crippen molar-refractivity contribution in [2.24, 2.45) is 0 Å². The van der Waals surface area contributed by atoms with Crippen LogP contribution in [-0.2, 0) is 9.59 Å². The largest absolute Gasteiger partial charge is 0.391 e. The number of aliphatic hydroxyl groups is 1. The van der Waals surface area contributed by atoms with Crippen LogP contribution in [0.1, 0.15) is 49.4 Å². The molecule has 0 aliphatic carbocycles. The molecule has 9 nitrogen and oxygen atoms in total. The Labute approximate surface area is 169 Å². The lowest BCUT2D eigenvalue weighted by Gasteiger charge is -2.39. The molecule has 2 fully saturated rings. The third-order valence-electron chi connectivity index (χ3n) is 6.16. The summed E-state index contributed by atoms with van der Waals surface area (Å²) in [5.74, 6) is 0.0617. The number of amides is 3. The Morgan fingerprint density at radius 1 is 1.31 bits per heavy atom. The highest BCUT2D eigenvalue weighted by molar-refractivity contribution is 6.01. The summed E-state index contributed by atoms with van der Waals surface area (Å²) >= 11 is 0. The molecule has 9 heteroatoms. The van der Waals surface area contributed by atoms with E-state index in [2.05, 4.69) is 15.6 Å². The molecule has 1 aromatic rings. The van der Waals surface area contributed by atoms with Crippen molar-refractivity contribution >= 4 is 23.5 Å².